The van der Waals surface area contributed by atoms with Crippen molar-refractivity contribution in [2.24, 2.45) is 0 Å². The molecule has 148 valence electrons. The summed E-state index contributed by atoms with van der Waals surface area (Å²) in [5, 5.41) is 2.67. The Hall–Kier alpha value is -2.90. The lowest BCUT2D eigenvalue weighted by Gasteiger charge is -2.37. The molecule has 2 atom stereocenters. The average molecular weight is 384 g/mol. The smallest absolute Gasteiger partial charge is 0.408 e. The minimum atomic E-state index is -0.872. The van der Waals surface area contributed by atoms with Gasteiger partial charge in [-0.05, 0) is 24.1 Å². The summed E-state index contributed by atoms with van der Waals surface area (Å²) in [4.78, 5) is 26.8. The number of nitrogens with one attached hydrogen (secondary N) is 1. The van der Waals surface area contributed by atoms with E-state index >= 15 is 0 Å². The highest BCUT2D eigenvalue weighted by atomic mass is 16.7. The molecule has 0 fully saturated rings. The molecule has 1 heterocycles. The number of benzene rings is 2. The van der Waals surface area contributed by atoms with E-state index in [4.69, 9.17) is 14.2 Å². The standard InChI is InChI=1S/C21H24N2O5/c1-3-27-21(26-2)23-18-12-8-7-11-16(18)13-17(19(23)24)22-20(25)28-14-15-9-5-4-6-10-15/h4-12,17,21H,3,13-14H2,1-2H3,(H,22,25)/t17-,21?/m0/s1. The third-order valence-electron chi connectivity index (χ3n) is 4.44. The number of para-hydroxylation sites is 1. The van der Waals surface area contributed by atoms with Crippen molar-refractivity contribution in [3.8, 4) is 0 Å². The summed E-state index contributed by atoms with van der Waals surface area (Å²) in [5.41, 5.74) is 2.50. The Bertz CT molecular complexity index is 811. The number of carbonyl (C=O) groups excluding carboxylic acids is 2. The number of ether oxygens (including phenoxy) is 3. The Morgan fingerprint density at radius 3 is 2.61 bits per heavy atom. The molecule has 0 saturated carbocycles. The summed E-state index contributed by atoms with van der Waals surface area (Å²) in [7, 11) is 1.47. The van der Waals surface area contributed by atoms with Gasteiger partial charge in [0.25, 0.3) is 5.91 Å². The quantitative estimate of drug-likeness (QED) is 0.743. The summed E-state index contributed by atoms with van der Waals surface area (Å²) < 4.78 is 16.2. The van der Waals surface area contributed by atoms with Crippen LogP contribution in [0.25, 0.3) is 0 Å². The summed E-state index contributed by atoms with van der Waals surface area (Å²) in [5.74, 6) is -0.310. The monoisotopic (exact) mass is 384 g/mol. The van der Waals surface area contributed by atoms with Gasteiger partial charge < -0.3 is 19.5 Å². The van der Waals surface area contributed by atoms with Gasteiger partial charge in [-0.1, -0.05) is 48.5 Å². The second-order valence-electron chi connectivity index (χ2n) is 6.30. The molecule has 0 bridgehead atoms. The van der Waals surface area contributed by atoms with Gasteiger partial charge in [0.1, 0.15) is 12.6 Å². The largest absolute Gasteiger partial charge is 0.445 e. The van der Waals surface area contributed by atoms with Gasteiger partial charge in [-0.2, -0.15) is 0 Å². The number of alkyl carbamates (subject to hydrolysis) is 1. The molecule has 2 aromatic rings. The van der Waals surface area contributed by atoms with E-state index in [1.54, 1.807) is 0 Å². The minimum Gasteiger partial charge on any atom is -0.445 e. The molecule has 0 aliphatic carbocycles. The summed E-state index contributed by atoms with van der Waals surface area (Å²) >= 11 is 0. The minimum absolute atomic E-state index is 0.132. The number of amides is 2. The highest BCUT2D eigenvalue weighted by Gasteiger charge is 2.38. The van der Waals surface area contributed by atoms with Gasteiger partial charge in [0.15, 0.2) is 0 Å². The van der Waals surface area contributed by atoms with Gasteiger partial charge in [-0.25, -0.2) is 4.79 Å². The third kappa shape index (κ3) is 4.49. The second kappa shape index (κ2) is 9.34. The van der Waals surface area contributed by atoms with E-state index in [-0.39, 0.29) is 12.5 Å². The van der Waals surface area contributed by atoms with Crippen molar-refractivity contribution in [3.05, 3.63) is 65.7 Å². The van der Waals surface area contributed by atoms with Gasteiger partial charge in [0, 0.05) is 20.1 Å². The maximum Gasteiger partial charge on any atom is 0.408 e. The van der Waals surface area contributed by atoms with Crippen LogP contribution >= 0.6 is 0 Å². The van der Waals surface area contributed by atoms with E-state index < -0.39 is 18.5 Å². The van der Waals surface area contributed by atoms with E-state index in [0.717, 1.165) is 11.1 Å². The fourth-order valence-electron chi connectivity index (χ4n) is 3.14. The fraction of sp³-hybridized carbons (Fsp3) is 0.333. The second-order valence-corrected chi connectivity index (χ2v) is 6.30. The highest BCUT2D eigenvalue weighted by Crippen LogP contribution is 2.30. The third-order valence-corrected chi connectivity index (χ3v) is 4.44. The predicted octanol–water partition coefficient (Wildman–Crippen LogP) is 2.84. The number of carbonyl (C=O) groups is 2. The zero-order chi connectivity index (χ0) is 19.9. The molecule has 2 amide bonds. The van der Waals surface area contributed by atoms with Crippen LogP contribution in [0.5, 0.6) is 0 Å². The van der Waals surface area contributed by atoms with Crippen LogP contribution in [0, 0.1) is 0 Å². The van der Waals surface area contributed by atoms with E-state index in [2.05, 4.69) is 5.32 Å². The lowest BCUT2D eigenvalue weighted by atomic mass is 9.97. The first-order chi connectivity index (χ1) is 13.6. The SMILES string of the molecule is CCOC(OC)N1C(=O)[C@@H](NC(=O)OCc2ccccc2)Cc2ccccc21. The Morgan fingerprint density at radius 1 is 1.18 bits per heavy atom. The Morgan fingerprint density at radius 2 is 1.89 bits per heavy atom. The van der Waals surface area contributed by atoms with Crippen molar-refractivity contribution >= 4 is 17.7 Å². The average Bonchev–Trinajstić information content (AvgIpc) is 2.72. The molecule has 7 nitrogen and oxygen atoms in total. The number of methoxy groups -OCH3 is 1. The van der Waals surface area contributed by atoms with E-state index in [1.165, 1.54) is 12.0 Å². The molecule has 2 aromatic carbocycles. The van der Waals surface area contributed by atoms with Crippen molar-refractivity contribution < 1.29 is 23.8 Å². The van der Waals surface area contributed by atoms with Gasteiger partial charge in [-0.15, -0.1) is 0 Å². The van der Waals surface area contributed by atoms with E-state index in [1.807, 2.05) is 61.5 Å². The zero-order valence-electron chi connectivity index (χ0n) is 16.0. The summed E-state index contributed by atoms with van der Waals surface area (Å²) in [6.45, 7) is 2.33. The fourth-order valence-corrected chi connectivity index (χ4v) is 3.14. The molecular weight excluding hydrogens is 360 g/mol. The van der Waals surface area contributed by atoms with Crippen LogP contribution in [-0.2, 0) is 32.0 Å². The van der Waals surface area contributed by atoms with E-state index in [9.17, 15) is 9.59 Å². The van der Waals surface area contributed by atoms with Crippen LogP contribution < -0.4 is 10.2 Å². The van der Waals surface area contributed by atoms with Gasteiger partial charge >= 0.3 is 6.09 Å². The molecule has 1 aliphatic heterocycles. The number of nitrogens with zero attached hydrogens (tertiary/aromatic N) is 1. The Kier molecular flexibility index (Phi) is 6.62. The van der Waals surface area contributed by atoms with Crippen LogP contribution in [0.3, 0.4) is 0 Å². The Balaban J connectivity index is 1.73. The first kappa shape index (κ1) is 19.9. The molecule has 0 spiro atoms. The highest BCUT2D eigenvalue weighted by molar-refractivity contribution is 6.01. The molecule has 0 radical (unpaired) electrons. The number of fused-ring (bicyclic) bond motifs is 1. The molecular formula is C21H24N2O5. The molecule has 28 heavy (non-hydrogen) atoms. The van der Waals surface area contributed by atoms with Crippen molar-refractivity contribution in [1.82, 2.24) is 5.32 Å². The van der Waals surface area contributed by atoms with Crippen molar-refractivity contribution in [2.45, 2.75) is 32.4 Å². The summed E-state index contributed by atoms with van der Waals surface area (Å²) in [6, 6.07) is 16.1. The summed E-state index contributed by atoms with van der Waals surface area (Å²) in [6.07, 6.45) is -1.15. The van der Waals surface area contributed by atoms with Crippen LogP contribution in [0.15, 0.2) is 54.6 Å². The van der Waals surface area contributed by atoms with Crippen LogP contribution in [0.1, 0.15) is 18.1 Å². The molecule has 0 aromatic heterocycles. The van der Waals surface area contributed by atoms with Crippen molar-refractivity contribution in [1.29, 1.82) is 0 Å². The molecule has 7 heteroatoms. The molecule has 1 N–H and O–H groups in total. The first-order valence-electron chi connectivity index (χ1n) is 9.16. The predicted molar refractivity (Wildman–Crippen MR) is 104 cm³/mol. The molecule has 3 rings (SSSR count). The molecule has 0 saturated heterocycles. The van der Waals surface area contributed by atoms with Gasteiger partial charge in [0.05, 0.1) is 5.69 Å². The zero-order valence-corrected chi connectivity index (χ0v) is 16.0. The van der Waals surface area contributed by atoms with Crippen molar-refractivity contribution in [3.63, 3.8) is 0 Å². The van der Waals surface area contributed by atoms with Gasteiger partial charge in [-0.3, -0.25) is 9.69 Å². The lowest BCUT2D eigenvalue weighted by Crippen LogP contribution is -2.57. The van der Waals surface area contributed by atoms with Crippen LogP contribution in [-0.4, -0.2) is 38.2 Å². The first-order valence-corrected chi connectivity index (χ1v) is 9.16. The number of rotatable bonds is 7. The lowest BCUT2D eigenvalue weighted by molar-refractivity contribution is -0.144. The maximum atomic E-state index is 13.1. The van der Waals surface area contributed by atoms with Crippen molar-refractivity contribution in [2.75, 3.05) is 18.6 Å². The number of hydrogen-bond acceptors (Lipinski definition) is 5. The topological polar surface area (TPSA) is 77.1 Å². The number of anilines is 1. The van der Waals surface area contributed by atoms with Crippen LogP contribution in [0.4, 0.5) is 10.5 Å². The molecule has 1 aliphatic rings. The van der Waals surface area contributed by atoms with E-state index in [0.29, 0.717) is 18.7 Å². The Labute approximate surface area is 164 Å². The molecule has 1 unspecified atom stereocenters. The van der Waals surface area contributed by atoms with Crippen LogP contribution in [0.2, 0.25) is 0 Å². The van der Waals surface area contributed by atoms with Gasteiger partial charge in [0.2, 0.25) is 6.41 Å². The normalized spacial score (nSPS) is 17.0. The number of hydrogen-bond donors (Lipinski definition) is 1. The maximum absolute atomic E-state index is 13.1.